The fourth-order valence-electron chi connectivity index (χ4n) is 3.28. The maximum absolute atomic E-state index is 12.8. The van der Waals surface area contributed by atoms with Crippen LogP contribution >= 0.6 is 0 Å². The summed E-state index contributed by atoms with van der Waals surface area (Å²) in [5, 5.41) is 0. The van der Waals surface area contributed by atoms with E-state index in [1.165, 1.54) is 12.1 Å². The number of amides is 1. The van der Waals surface area contributed by atoms with Crippen molar-refractivity contribution in [2.45, 2.75) is 43.9 Å². The zero-order valence-corrected chi connectivity index (χ0v) is 16.8. The van der Waals surface area contributed by atoms with E-state index in [1.807, 2.05) is 31.2 Å². The molecule has 1 amide bonds. The lowest BCUT2D eigenvalue weighted by Gasteiger charge is -2.29. The Morgan fingerprint density at radius 1 is 1.10 bits per heavy atom. The average molecular weight is 426 g/mol. The second kappa shape index (κ2) is 7.79. The third-order valence-electron chi connectivity index (χ3n) is 4.94. The van der Waals surface area contributed by atoms with Gasteiger partial charge in [0.2, 0.25) is 10.0 Å². The first-order chi connectivity index (χ1) is 13.5. The predicted molar refractivity (Wildman–Crippen MR) is 102 cm³/mol. The lowest BCUT2D eigenvalue weighted by molar-refractivity contribution is -0.186. The van der Waals surface area contributed by atoms with Crippen molar-refractivity contribution >= 4 is 15.9 Å². The summed E-state index contributed by atoms with van der Waals surface area (Å²) in [6.45, 7) is 3.31. The molecule has 0 fully saturated rings. The molecular formula is C20H21F3N2O3S. The van der Waals surface area contributed by atoms with Crippen molar-refractivity contribution in [1.82, 2.24) is 9.62 Å². The van der Waals surface area contributed by atoms with E-state index < -0.39 is 28.1 Å². The topological polar surface area (TPSA) is 66.5 Å². The summed E-state index contributed by atoms with van der Waals surface area (Å²) in [4.78, 5) is 12.2. The van der Waals surface area contributed by atoms with Gasteiger partial charge in [-0.3, -0.25) is 4.79 Å². The highest BCUT2D eigenvalue weighted by Gasteiger charge is 2.43. The minimum atomic E-state index is -4.95. The zero-order valence-electron chi connectivity index (χ0n) is 16.0. The summed E-state index contributed by atoms with van der Waals surface area (Å²) < 4.78 is 66.3. The molecule has 1 aliphatic rings. The molecule has 1 heterocycles. The van der Waals surface area contributed by atoms with Crippen LogP contribution in [0.3, 0.4) is 0 Å². The number of sulfonamides is 1. The smallest absolute Gasteiger partial charge is 0.330 e. The van der Waals surface area contributed by atoms with Crippen molar-refractivity contribution in [3.63, 3.8) is 0 Å². The highest BCUT2D eigenvalue weighted by Crippen LogP contribution is 2.27. The number of alkyl halides is 3. The van der Waals surface area contributed by atoms with Crippen LogP contribution in [-0.2, 0) is 27.8 Å². The van der Waals surface area contributed by atoms with E-state index in [-0.39, 0.29) is 24.4 Å². The number of rotatable bonds is 4. The molecule has 5 nitrogen and oxygen atoms in total. The van der Waals surface area contributed by atoms with Gasteiger partial charge in [0.05, 0.1) is 4.90 Å². The van der Waals surface area contributed by atoms with Crippen LogP contribution in [-0.4, -0.2) is 31.9 Å². The normalized spacial score (nSPS) is 15.7. The second-order valence-corrected chi connectivity index (χ2v) is 8.87. The van der Waals surface area contributed by atoms with E-state index in [0.29, 0.717) is 10.5 Å². The average Bonchev–Trinajstić information content (AvgIpc) is 2.66. The van der Waals surface area contributed by atoms with E-state index in [4.69, 9.17) is 0 Å². The molecule has 0 radical (unpaired) electrons. The van der Waals surface area contributed by atoms with E-state index in [2.05, 4.69) is 4.72 Å². The van der Waals surface area contributed by atoms with Gasteiger partial charge < -0.3 is 4.90 Å². The molecule has 0 aliphatic carbocycles. The highest BCUT2D eigenvalue weighted by molar-refractivity contribution is 7.89. The highest BCUT2D eigenvalue weighted by atomic mass is 32.2. The molecule has 0 saturated carbocycles. The largest absolute Gasteiger partial charge is 0.471 e. The lowest BCUT2D eigenvalue weighted by Crippen LogP contribution is -2.43. The number of benzene rings is 2. The molecule has 3 rings (SSSR count). The first-order valence-corrected chi connectivity index (χ1v) is 10.5. The van der Waals surface area contributed by atoms with Gasteiger partial charge in [-0.05, 0) is 49.1 Å². The summed E-state index contributed by atoms with van der Waals surface area (Å²) in [6.07, 6.45) is -4.71. The summed E-state index contributed by atoms with van der Waals surface area (Å²) in [7, 11) is -3.89. The van der Waals surface area contributed by atoms with E-state index in [0.717, 1.165) is 16.7 Å². The Morgan fingerprint density at radius 3 is 2.38 bits per heavy atom. The van der Waals surface area contributed by atoms with Crippen molar-refractivity contribution in [1.29, 1.82) is 0 Å². The maximum atomic E-state index is 12.8. The fourth-order valence-corrected chi connectivity index (χ4v) is 4.56. The van der Waals surface area contributed by atoms with Crippen molar-refractivity contribution < 1.29 is 26.4 Å². The molecule has 2 aromatic carbocycles. The van der Waals surface area contributed by atoms with Gasteiger partial charge in [0.1, 0.15) is 0 Å². The quantitative estimate of drug-likeness (QED) is 0.814. The maximum Gasteiger partial charge on any atom is 0.471 e. The van der Waals surface area contributed by atoms with E-state index in [9.17, 15) is 26.4 Å². The number of hydrogen-bond acceptors (Lipinski definition) is 3. The van der Waals surface area contributed by atoms with E-state index in [1.54, 1.807) is 13.0 Å². The minimum absolute atomic E-state index is 0.0449. The van der Waals surface area contributed by atoms with Gasteiger partial charge >= 0.3 is 12.1 Å². The molecular weight excluding hydrogens is 405 g/mol. The Bertz CT molecular complexity index is 1020. The SMILES string of the molecule is Cc1ccc(C(C)NS(=O)(=O)c2ccc3c(c2)CN(C(=O)C(F)(F)F)CC3)cc1. The Morgan fingerprint density at radius 2 is 1.76 bits per heavy atom. The standard InChI is InChI=1S/C20H21F3N2O3S/c1-13-3-5-15(6-4-13)14(2)24-29(27,28)18-8-7-16-9-10-25(12-17(16)11-18)19(26)20(21,22)23/h3-8,11,14,24H,9-10,12H2,1-2H3. The molecule has 0 saturated heterocycles. The number of fused-ring (bicyclic) bond motifs is 1. The third kappa shape index (κ3) is 4.79. The van der Waals surface area contributed by atoms with Gasteiger partial charge in [-0.15, -0.1) is 0 Å². The molecule has 29 heavy (non-hydrogen) atoms. The van der Waals surface area contributed by atoms with Crippen LogP contribution in [0.5, 0.6) is 0 Å². The van der Waals surface area contributed by atoms with Crippen LogP contribution in [0.15, 0.2) is 47.4 Å². The number of carbonyl (C=O) groups excluding carboxylic acids is 1. The molecule has 0 aromatic heterocycles. The van der Waals surface area contributed by atoms with Crippen molar-refractivity contribution in [2.24, 2.45) is 0 Å². The third-order valence-corrected chi connectivity index (χ3v) is 6.48. The Labute approximate surface area is 167 Å². The molecule has 9 heteroatoms. The van der Waals surface area contributed by atoms with Crippen LogP contribution in [0, 0.1) is 6.92 Å². The van der Waals surface area contributed by atoms with Crippen LogP contribution in [0.2, 0.25) is 0 Å². The van der Waals surface area contributed by atoms with Crippen LogP contribution in [0.25, 0.3) is 0 Å². The number of carbonyl (C=O) groups is 1. The van der Waals surface area contributed by atoms with Gasteiger partial charge in [-0.1, -0.05) is 35.9 Å². The Balaban J connectivity index is 1.81. The molecule has 1 N–H and O–H groups in total. The van der Waals surface area contributed by atoms with Gasteiger partial charge in [-0.25, -0.2) is 13.1 Å². The Hall–Kier alpha value is -2.39. The monoisotopic (exact) mass is 426 g/mol. The van der Waals surface area contributed by atoms with Gasteiger partial charge in [0.15, 0.2) is 0 Å². The first kappa shape index (κ1) is 21.3. The summed E-state index contributed by atoms with van der Waals surface area (Å²) in [5.41, 5.74) is 2.98. The summed E-state index contributed by atoms with van der Waals surface area (Å²) in [5.74, 6) is -1.91. The van der Waals surface area contributed by atoms with Gasteiger partial charge in [0, 0.05) is 19.1 Å². The first-order valence-electron chi connectivity index (χ1n) is 9.04. The van der Waals surface area contributed by atoms with Crippen LogP contribution < -0.4 is 4.72 Å². The van der Waals surface area contributed by atoms with Crippen LogP contribution in [0.4, 0.5) is 13.2 Å². The number of aryl methyl sites for hydroxylation is 1. The summed E-state index contributed by atoms with van der Waals surface area (Å²) >= 11 is 0. The van der Waals surface area contributed by atoms with E-state index >= 15 is 0 Å². The van der Waals surface area contributed by atoms with Crippen LogP contribution in [0.1, 0.15) is 35.2 Å². The number of hydrogen-bond donors (Lipinski definition) is 1. The number of nitrogens with one attached hydrogen (secondary N) is 1. The molecule has 1 unspecified atom stereocenters. The molecule has 0 bridgehead atoms. The summed E-state index contributed by atoms with van der Waals surface area (Å²) in [6, 6.07) is 11.3. The molecule has 2 aromatic rings. The molecule has 1 aliphatic heterocycles. The predicted octanol–water partition coefficient (Wildman–Crippen LogP) is 3.48. The fraction of sp³-hybridized carbons (Fsp3) is 0.350. The molecule has 0 spiro atoms. The second-order valence-electron chi connectivity index (χ2n) is 7.16. The van der Waals surface area contributed by atoms with Crippen molar-refractivity contribution in [2.75, 3.05) is 6.54 Å². The number of halogens is 3. The van der Waals surface area contributed by atoms with Gasteiger partial charge in [0.25, 0.3) is 0 Å². The molecule has 1 atom stereocenters. The van der Waals surface area contributed by atoms with Crippen molar-refractivity contribution in [3.05, 3.63) is 64.7 Å². The minimum Gasteiger partial charge on any atom is -0.330 e. The van der Waals surface area contributed by atoms with Crippen molar-refractivity contribution in [3.8, 4) is 0 Å². The van der Waals surface area contributed by atoms with Gasteiger partial charge in [-0.2, -0.15) is 13.2 Å². The molecule has 156 valence electrons. The zero-order chi connectivity index (χ0) is 21.4. The number of nitrogens with zero attached hydrogens (tertiary/aromatic N) is 1. The lowest BCUT2D eigenvalue weighted by atomic mass is 10.00. The Kier molecular flexibility index (Phi) is 5.73.